The number of ether oxygens (including phenoxy) is 1. The lowest BCUT2D eigenvalue weighted by Gasteiger charge is -2.35. The molecule has 80 heavy (non-hydrogen) atoms. The SMILES string of the molecule is CCN(CC)C/C=C/C(=O)Nc1cc2c(Nc3ccc(F)c(Cl)c3)ncnc2cc1OCCCCCc1cn(CCCCCCCC(=O)N[C@H](C(=O)N2C[C@H](O)C[C@H]2C(=O)NCc2ccc(-c3scnc3C)cc2)C(C)(C)C)nn1. The minimum absolute atomic E-state index is 0.0176. The highest BCUT2D eigenvalue weighted by molar-refractivity contribution is 7.13. The number of amides is 4. The van der Waals surface area contributed by atoms with E-state index in [4.69, 9.17) is 16.3 Å². The van der Waals surface area contributed by atoms with Crippen molar-refractivity contribution in [2.24, 2.45) is 5.41 Å². The maximum Gasteiger partial charge on any atom is 0.248 e. The normalized spacial score (nSPS) is 14.9. The summed E-state index contributed by atoms with van der Waals surface area (Å²) in [5.74, 6) is -0.851. The molecule has 0 aliphatic carbocycles. The molecule has 0 bridgehead atoms. The third-order valence-corrected chi connectivity index (χ3v) is 15.4. The number of halogens is 2. The van der Waals surface area contributed by atoms with Crippen molar-refractivity contribution in [2.45, 2.75) is 143 Å². The van der Waals surface area contributed by atoms with Crippen molar-refractivity contribution in [1.82, 2.24) is 50.4 Å². The van der Waals surface area contributed by atoms with Crippen molar-refractivity contribution in [1.29, 1.82) is 0 Å². The molecule has 428 valence electrons. The summed E-state index contributed by atoms with van der Waals surface area (Å²) in [5, 5.41) is 32.1. The third kappa shape index (κ3) is 17.6. The Kier molecular flexibility index (Phi) is 22.4. The molecule has 4 amide bonds. The molecule has 0 spiro atoms. The summed E-state index contributed by atoms with van der Waals surface area (Å²) >= 11 is 7.62. The quantitative estimate of drug-likeness (QED) is 0.0218. The Morgan fingerprint density at radius 2 is 1.73 bits per heavy atom. The molecular formula is C59H76ClFN12O6S. The molecule has 6 aromatic rings. The Labute approximate surface area is 477 Å². The van der Waals surface area contributed by atoms with E-state index in [2.05, 4.69) is 65.3 Å². The van der Waals surface area contributed by atoms with Crippen LogP contribution in [0.25, 0.3) is 21.3 Å². The lowest BCUT2D eigenvalue weighted by atomic mass is 9.85. The molecule has 0 unspecified atom stereocenters. The zero-order chi connectivity index (χ0) is 57.2. The standard InChI is InChI=1S/C59H76ClFN12O6S/c1-7-71(8-2)27-17-20-52(75)67-49-32-45-48(63-37-64-56(45)66-42-25-26-47(61)46(60)30-42)33-51(49)79-29-16-12-13-18-43-35-72(70-69-43)28-15-11-9-10-14-19-53(76)68-55(59(4,5)6)58(78)73-36-44(74)31-50(73)57(77)62-34-40-21-23-41(24-22-40)54-39(3)65-38-80-54/h17,20-26,30,32-33,35,37-38,44,50,55,74H,7-16,18-19,27-29,31,34,36H2,1-6H3,(H,62,77)(H,67,75)(H,68,76)(H,63,64,66)/b20-17+/t44-,50+,55-/m1/s1. The molecule has 0 saturated carbocycles. The molecule has 18 nitrogen and oxygen atoms in total. The van der Waals surface area contributed by atoms with Gasteiger partial charge < -0.3 is 40.9 Å². The summed E-state index contributed by atoms with van der Waals surface area (Å²) in [6.07, 6.45) is 14.0. The number of nitrogens with zero attached hydrogens (tertiary/aromatic N) is 8. The van der Waals surface area contributed by atoms with E-state index in [9.17, 15) is 28.7 Å². The predicted octanol–water partition coefficient (Wildman–Crippen LogP) is 9.97. The zero-order valence-electron chi connectivity index (χ0n) is 46.8. The van der Waals surface area contributed by atoms with Crippen LogP contribution in [0.5, 0.6) is 5.75 Å². The van der Waals surface area contributed by atoms with Gasteiger partial charge in [-0.25, -0.2) is 19.3 Å². The number of nitrogens with one attached hydrogen (secondary N) is 4. The number of fused-ring (bicyclic) bond motifs is 1. The molecule has 1 saturated heterocycles. The maximum atomic E-state index is 14.1. The summed E-state index contributed by atoms with van der Waals surface area (Å²) in [7, 11) is 0. The number of unbranched alkanes of at least 4 members (excludes halogenated alkanes) is 6. The number of hydrogen-bond acceptors (Lipinski definition) is 14. The molecular weight excluding hydrogens is 1060 g/mol. The van der Waals surface area contributed by atoms with Crippen LogP contribution in [0.3, 0.4) is 0 Å². The van der Waals surface area contributed by atoms with Crippen LogP contribution in [-0.2, 0) is 38.7 Å². The van der Waals surface area contributed by atoms with Crippen molar-refractivity contribution in [3.8, 4) is 16.2 Å². The molecule has 0 radical (unpaired) electrons. The first-order valence-electron chi connectivity index (χ1n) is 27.8. The number of hydrogen-bond donors (Lipinski definition) is 5. The number of likely N-dealkylation sites (N-methyl/N-ethyl adjacent to an activating group) is 1. The Morgan fingerprint density at radius 3 is 2.46 bits per heavy atom. The number of anilines is 3. The van der Waals surface area contributed by atoms with Crippen LogP contribution in [0.4, 0.5) is 21.6 Å². The number of β-amino-alcohol motifs (C(OH)–C–C–N with tert-alkyl or cyclic N) is 1. The predicted molar refractivity (Wildman–Crippen MR) is 312 cm³/mol. The van der Waals surface area contributed by atoms with Gasteiger partial charge in [0.2, 0.25) is 23.6 Å². The average Bonchev–Trinajstić information content (AvgIpc) is 4.22. The third-order valence-electron chi connectivity index (χ3n) is 14.1. The van der Waals surface area contributed by atoms with Crippen molar-refractivity contribution >= 4 is 74.7 Å². The van der Waals surface area contributed by atoms with Gasteiger partial charge in [0.05, 0.1) is 50.7 Å². The second-order valence-electron chi connectivity index (χ2n) is 21.3. The highest BCUT2D eigenvalue weighted by Crippen LogP contribution is 2.35. The van der Waals surface area contributed by atoms with Gasteiger partial charge in [0, 0.05) is 68.4 Å². The Balaban J connectivity index is 0.800. The number of aryl methyl sites for hydroxylation is 3. The molecule has 5 N–H and O–H groups in total. The van der Waals surface area contributed by atoms with Crippen LogP contribution in [0.15, 0.2) is 84.8 Å². The van der Waals surface area contributed by atoms with Gasteiger partial charge in [-0.1, -0.05) is 101 Å². The van der Waals surface area contributed by atoms with Crippen LogP contribution in [0.1, 0.15) is 116 Å². The second-order valence-corrected chi connectivity index (χ2v) is 22.6. The van der Waals surface area contributed by atoms with Crippen molar-refractivity contribution < 1.29 is 33.4 Å². The van der Waals surface area contributed by atoms with E-state index >= 15 is 0 Å². The smallest absolute Gasteiger partial charge is 0.248 e. The number of benzene rings is 3. The summed E-state index contributed by atoms with van der Waals surface area (Å²) in [6, 6.07) is 14.0. The van der Waals surface area contributed by atoms with Crippen molar-refractivity contribution in [3.63, 3.8) is 0 Å². The Morgan fingerprint density at radius 1 is 0.963 bits per heavy atom. The fourth-order valence-corrected chi connectivity index (χ4v) is 10.5. The fourth-order valence-electron chi connectivity index (χ4n) is 9.51. The van der Waals surface area contributed by atoms with Gasteiger partial charge >= 0.3 is 0 Å². The van der Waals surface area contributed by atoms with E-state index in [1.807, 2.05) is 74.4 Å². The topological polar surface area (TPSA) is 222 Å². The first-order chi connectivity index (χ1) is 38.5. The molecule has 3 aromatic carbocycles. The Hall–Kier alpha value is -6.87. The van der Waals surface area contributed by atoms with Gasteiger partial charge in [0.15, 0.2) is 0 Å². The lowest BCUT2D eigenvalue weighted by Crippen LogP contribution is -2.57. The van der Waals surface area contributed by atoms with Crippen LogP contribution in [0, 0.1) is 18.2 Å². The molecule has 1 aliphatic heterocycles. The minimum atomic E-state index is -0.874. The molecule has 1 fully saturated rings. The Bertz CT molecular complexity index is 3050. The van der Waals surface area contributed by atoms with Gasteiger partial charge in [0.1, 0.15) is 35.8 Å². The maximum absolute atomic E-state index is 14.1. The monoisotopic (exact) mass is 1130 g/mol. The number of carbonyl (C=O) groups is 4. The molecule has 21 heteroatoms. The van der Waals surface area contributed by atoms with Gasteiger partial charge in [-0.3, -0.25) is 23.9 Å². The van der Waals surface area contributed by atoms with E-state index in [-0.39, 0.29) is 54.6 Å². The number of aliphatic hydroxyl groups is 1. The molecule has 7 rings (SSSR count). The first-order valence-corrected chi connectivity index (χ1v) is 29.0. The first kappa shape index (κ1) is 60.8. The molecule has 1 aliphatic rings. The number of likely N-dealkylation sites (tertiary alicyclic amines) is 1. The number of aromatic nitrogens is 6. The second kappa shape index (κ2) is 29.6. The zero-order valence-corrected chi connectivity index (χ0v) is 48.3. The summed E-state index contributed by atoms with van der Waals surface area (Å²) in [6.45, 7) is 15.6. The number of carbonyl (C=O) groups excluding carboxylic acids is 4. The van der Waals surface area contributed by atoms with Gasteiger partial charge in [-0.2, -0.15) is 0 Å². The van der Waals surface area contributed by atoms with Crippen molar-refractivity contribution in [3.05, 3.63) is 113 Å². The molecule has 3 aromatic heterocycles. The van der Waals surface area contributed by atoms with Crippen molar-refractivity contribution in [2.75, 3.05) is 43.4 Å². The largest absolute Gasteiger partial charge is 0.491 e. The summed E-state index contributed by atoms with van der Waals surface area (Å²) < 4.78 is 22.0. The highest BCUT2D eigenvalue weighted by atomic mass is 35.5. The fraction of sp³-hybridized carbons (Fsp3) is 0.475. The molecule has 4 heterocycles. The van der Waals surface area contributed by atoms with Crippen LogP contribution in [-0.4, -0.2) is 119 Å². The number of aliphatic hydroxyl groups excluding tert-OH is 1. The van der Waals surface area contributed by atoms with Gasteiger partial charge in [0.25, 0.3) is 0 Å². The van der Waals surface area contributed by atoms with E-state index in [1.165, 1.54) is 29.4 Å². The van der Waals surface area contributed by atoms with E-state index < -0.39 is 29.4 Å². The van der Waals surface area contributed by atoms with Crippen LogP contribution < -0.4 is 26.0 Å². The van der Waals surface area contributed by atoms with Gasteiger partial charge in [-0.15, -0.1) is 16.4 Å². The van der Waals surface area contributed by atoms with E-state index in [1.54, 1.807) is 29.5 Å². The minimum Gasteiger partial charge on any atom is -0.491 e. The summed E-state index contributed by atoms with van der Waals surface area (Å²) in [5.41, 5.74) is 6.61. The summed E-state index contributed by atoms with van der Waals surface area (Å²) in [4.78, 5) is 71.9. The van der Waals surface area contributed by atoms with Crippen LogP contribution in [0.2, 0.25) is 5.02 Å². The van der Waals surface area contributed by atoms with Gasteiger partial charge in [-0.05, 0) is 99.3 Å². The van der Waals surface area contributed by atoms with Crippen LogP contribution >= 0.6 is 22.9 Å². The highest BCUT2D eigenvalue weighted by Gasteiger charge is 2.44. The van der Waals surface area contributed by atoms with E-state index in [0.29, 0.717) is 53.4 Å². The number of thiazole rings is 1. The van der Waals surface area contributed by atoms with E-state index in [0.717, 1.165) is 98.4 Å². The lowest BCUT2D eigenvalue weighted by molar-refractivity contribution is -0.144. The molecule has 3 atom stereocenters. The average molecular weight is 1140 g/mol. The number of rotatable bonds is 29.